The summed E-state index contributed by atoms with van der Waals surface area (Å²) in [5.41, 5.74) is 6.47. The van der Waals surface area contributed by atoms with Crippen LogP contribution in [0.4, 0.5) is 0 Å². The van der Waals surface area contributed by atoms with Crippen LogP contribution in [0.25, 0.3) is 27.5 Å². The Morgan fingerprint density at radius 3 is 2.58 bits per heavy atom. The fourth-order valence-corrected chi connectivity index (χ4v) is 3.67. The van der Waals surface area contributed by atoms with E-state index in [0.717, 1.165) is 0 Å². The predicted octanol–water partition coefficient (Wildman–Crippen LogP) is 6.00. The summed E-state index contributed by atoms with van der Waals surface area (Å²) in [6.45, 7) is 6.77. The minimum Gasteiger partial charge on any atom is -0.309 e. The molecule has 0 aliphatic rings. The van der Waals surface area contributed by atoms with Crippen molar-refractivity contribution in [1.82, 2.24) is 9.55 Å². The molecule has 0 aliphatic heterocycles. The summed E-state index contributed by atoms with van der Waals surface area (Å²) < 4.78 is 2.35. The second-order valence-electron chi connectivity index (χ2n) is 6.60. The molecule has 2 aromatic heterocycles. The van der Waals surface area contributed by atoms with E-state index in [1.54, 1.807) is 0 Å². The first-order chi connectivity index (χ1) is 11.7. The van der Waals surface area contributed by atoms with E-state index in [1.807, 2.05) is 12.4 Å². The monoisotopic (exact) mass is 314 g/mol. The topological polar surface area (TPSA) is 17.8 Å². The van der Waals surface area contributed by atoms with E-state index in [9.17, 15) is 0 Å². The maximum atomic E-state index is 4.32. The first-order valence-electron chi connectivity index (χ1n) is 8.64. The van der Waals surface area contributed by atoms with Gasteiger partial charge in [-0.2, -0.15) is 0 Å². The molecule has 2 heteroatoms. The van der Waals surface area contributed by atoms with Gasteiger partial charge in [0.05, 0.1) is 11.0 Å². The molecule has 1 atom stereocenters. The van der Waals surface area contributed by atoms with Gasteiger partial charge in [0.15, 0.2) is 0 Å². The summed E-state index contributed by atoms with van der Waals surface area (Å²) >= 11 is 0. The van der Waals surface area contributed by atoms with Crippen molar-refractivity contribution >= 4 is 21.8 Å². The van der Waals surface area contributed by atoms with Gasteiger partial charge < -0.3 is 4.57 Å². The third-order valence-electron chi connectivity index (χ3n) is 5.13. The van der Waals surface area contributed by atoms with Crippen LogP contribution >= 0.6 is 0 Å². The van der Waals surface area contributed by atoms with Crippen molar-refractivity contribution in [3.05, 3.63) is 72.1 Å². The Balaban J connectivity index is 2.00. The van der Waals surface area contributed by atoms with Crippen LogP contribution in [0.5, 0.6) is 0 Å². The van der Waals surface area contributed by atoms with E-state index >= 15 is 0 Å². The molecule has 2 aromatic carbocycles. The van der Waals surface area contributed by atoms with E-state index in [4.69, 9.17) is 0 Å². The number of pyridine rings is 1. The van der Waals surface area contributed by atoms with E-state index in [0.29, 0.717) is 5.92 Å². The molecule has 2 heterocycles. The molecule has 4 aromatic rings. The Bertz CT molecular complexity index is 973. The van der Waals surface area contributed by atoms with Gasteiger partial charge in [-0.3, -0.25) is 4.98 Å². The highest BCUT2D eigenvalue weighted by molar-refractivity contribution is 6.08. The van der Waals surface area contributed by atoms with Crippen molar-refractivity contribution in [2.75, 3.05) is 0 Å². The molecule has 0 amide bonds. The SMILES string of the molecule is CCC(C)c1ccc(-n2c3ccccc3c3cnccc32)cc1C. The summed E-state index contributed by atoms with van der Waals surface area (Å²) in [5, 5.41) is 2.46. The second-order valence-corrected chi connectivity index (χ2v) is 6.60. The fourth-order valence-electron chi connectivity index (χ4n) is 3.67. The first kappa shape index (κ1) is 14.9. The molecule has 1 unspecified atom stereocenters. The van der Waals surface area contributed by atoms with Crippen LogP contribution in [0, 0.1) is 6.92 Å². The van der Waals surface area contributed by atoms with Crippen molar-refractivity contribution in [2.24, 2.45) is 0 Å². The molecule has 24 heavy (non-hydrogen) atoms. The number of benzene rings is 2. The molecule has 0 N–H and O–H groups in total. The van der Waals surface area contributed by atoms with Crippen molar-refractivity contribution in [3.8, 4) is 5.69 Å². The number of aryl methyl sites for hydroxylation is 1. The zero-order chi connectivity index (χ0) is 16.7. The third kappa shape index (κ3) is 2.22. The Morgan fingerprint density at radius 1 is 1.00 bits per heavy atom. The Hall–Kier alpha value is -2.61. The van der Waals surface area contributed by atoms with E-state index in [1.165, 1.54) is 45.0 Å². The van der Waals surface area contributed by atoms with E-state index in [2.05, 4.69) is 78.9 Å². The number of hydrogen-bond donors (Lipinski definition) is 0. The molecule has 2 nitrogen and oxygen atoms in total. The lowest BCUT2D eigenvalue weighted by Gasteiger charge is -2.15. The van der Waals surface area contributed by atoms with Gasteiger partial charge in [-0.1, -0.05) is 38.1 Å². The minimum atomic E-state index is 0.599. The van der Waals surface area contributed by atoms with Crippen molar-refractivity contribution in [1.29, 1.82) is 0 Å². The maximum Gasteiger partial charge on any atom is 0.0571 e. The van der Waals surface area contributed by atoms with Gasteiger partial charge in [0.25, 0.3) is 0 Å². The minimum absolute atomic E-state index is 0.599. The fraction of sp³-hybridized carbons (Fsp3) is 0.227. The van der Waals surface area contributed by atoms with Gasteiger partial charge in [-0.15, -0.1) is 0 Å². The molecule has 0 saturated carbocycles. The Morgan fingerprint density at radius 2 is 1.79 bits per heavy atom. The third-order valence-corrected chi connectivity index (χ3v) is 5.13. The molecule has 0 fully saturated rings. The summed E-state index contributed by atoms with van der Waals surface area (Å²) in [6.07, 6.45) is 5.01. The number of para-hydroxylation sites is 1. The van der Waals surface area contributed by atoms with Crippen LogP contribution in [-0.2, 0) is 0 Å². The number of fused-ring (bicyclic) bond motifs is 3. The molecular weight excluding hydrogens is 292 g/mol. The molecular formula is C22H22N2. The summed E-state index contributed by atoms with van der Waals surface area (Å²) in [7, 11) is 0. The van der Waals surface area contributed by atoms with Crippen molar-refractivity contribution < 1.29 is 0 Å². The van der Waals surface area contributed by atoms with Gasteiger partial charge in [0.1, 0.15) is 0 Å². The predicted molar refractivity (Wildman–Crippen MR) is 102 cm³/mol. The summed E-state index contributed by atoms with van der Waals surface area (Å²) in [5.74, 6) is 0.599. The summed E-state index contributed by atoms with van der Waals surface area (Å²) in [6, 6.07) is 17.5. The summed E-state index contributed by atoms with van der Waals surface area (Å²) in [4.78, 5) is 4.32. The van der Waals surface area contributed by atoms with Crippen molar-refractivity contribution in [3.63, 3.8) is 0 Å². The lowest BCUT2D eigenvalue weighted by Crippen LogP contribution is -1.99. The molecule has 0 aliphatic carbocycles. The molecule has 120 valence electrons. The van der Waals surface area contributed by atoms with Crippen LogP contribution in [0.1, 0.15) is 37.3 Å². The molecule has 0 bridgehead atoms. The average molecular weight is 314 g/mol. The maximum absolute atomic E-state index is 4.32. The Kier molecular flexibility index (Phi) is 3.61. The van der Waals surface area contributed by atoms with Gasteiger partial charge in [0.2, 0.25) is 0 Å². The standard InChI is InChI=1S/C22H22N2/c1-4-15(2)18-10-9-17(13-16(18)3)24-21-8-6-5-7-19(21)20-14-23-12-11-22(20)24/h5-15H,4H2,1-3H3. The highest BCUT2D eigenvalue weighted by Gasteiger charge is 2.13. The number of rotatable bonds is 3. The largest absolute Gasteiger partial charge is 0.309 e. The van der Waals surface area contributed by atoms with Gasteiger partial charge in [-0.05, 0) is 54.7 Å². The van der Waals surface area contributed by atoms with E-state index in [-0.39, 0.29) is 0 Å². The van der Waals surface area contributed by atoms with Gasteiger partial charge in [0, 0.05) is 28.9 Å². The normalized spacial score (nSPS) is 12.8. The van der Waals surface area contributed by atoms with Crippen LogP contribution in [0.3, 0.4) is 0 Å². The van der Waals surface area contributed by atoms with Crippen molar-refractivity contribution in [2.45, 2.75) is 33.1 Å². The number of hydrogen-bond acceptors (Lipinski definition) is 1. The first-order valence-corrected chi connectivity index (χ1v) is 8.64. The van der Waals surface area contributed by atoms with Crippen LogP contribution in [0.2, 0.25) is 0 Å². The second kappa shape index (κ2) is 5.79. The molecule has 0 spiro atoms. The highest BCUT2D eigenvalue weighted by atomic mass is 15.0. The lowest BCUT2D eigenvalue weighted by molar-refractivity contribution is 0.728. The van der Waals surface area contributed by atoms with Gasteiger partial charge >= 0.3 is 0 Å². The molecule has 0 radical (unpaired) electrons. The number of nitrogens with zero attached hydrogens (tertiary/aromatic N) is 2. The number of aromatic nitrogens is 2. The zero-order valence-electron chi connectivity index (χ0n) is 14.5. The lowest BCUT2D eigenvalue weighted by atomic mass is 9.94. The zero-order valence-corrected chi connectivity index (χ0v) is 14.5. The van der Waals surface area contributed by atoms with Crippen LogP contribution in [-0.4, -0.2) is 9.55 Å². The highest BCUT2D eigenvalue weighted by Crippen LogP contribution is 2.32. The molecule has 4 rings (SSSR count). The van der Waals surface area contributed by atoms with Crippen LogP contribution in [0.15, 0.2) is 60.9 Å². The van der Waals surface area contributed by atoms with E-state index < -0.39 is 0 Å². The smallest absolute Gasteiger partial charge is 0.0571 e. The average Bonchev–Trinajstić information content (AvgIpc) is 2.95. The van der Waals surface area contributed by atoms with Gasteiger partial charge in [-0.25, -0.2) is 0 Å². The Labute approximate surface area is 142 Å². The molecule has 0 saturated heterocycles. The van der Waals surface area contributed by atoms with Crippen LogP contribution < -0.4 is 0 Å². The quantitative estimate of drug-likeness (QED) is 0.453.